The fraction of sp³-hybridized carbons (Fsp3) is 0.182. The molecule has 0 atom stereocenters. The molecule has 0 saturated carbocycles. The normalized spacial score (nSPS) is 10.3. The minimum absolute atomic E-state index is 0.505. The first-order valence-corrected chi connectivity index (χ1v) is 5.82. The summed E-state index contributed by atoms with van der Waals surface area (Å²) in [5.74, 6) is 1.27. The second-order valence-electron chi connectivity index (χ2n) is 3.17. The van der Waals surface area contributed by atoms with E-state index in [4.69, 9.17) is 5.73 Å². The number of rotatable bonds is 3. The van der Waals surface area contributed by atoms with E-state index < -0.39 is 0 Å². The number of nitrogen functional groups attached to an aromatic ring is 1. The van der Waals surface area contributed by atoms with E-state index >= 15 is 0 Å². The highest BCUT2D eigenvalue weighted by atomic mass is 32.2. The van der Waals surface area contributed by atoms with E-state index in [2.05, 4.69) is 15.0 Å². The minimum Gasteiger partial charge on any atom is -0.384 e. The molecule has 0 aliphatic heterocycles. The summed E-state index contributed by atoms with van der Waals surface area (Å²) in [5, 5.41) is 1.74. The summed E-state index contributed by atoms with van der Waals surface area (Å²) in [6.45, 7) is 2.00. The first kappa shape index (κ1) is 10.9. The molecule has 2 rings (SSSR count). The minimum atomic E-state index is 0.505. The van der Waals surface area contributed by atoms with Crippen molar-refractivity contribution in [1.82, 2.24) is 15.0 Å². The summed E-state index contributed by atoms with van der Waals surface area (Å²) in [6.07, 6.45) is 2.54. The first-order valence-electron chi connectivity index (χ1n) is 5.00. The van der Waals surface area contributed by atoms with Crippen molar-refractivity contribution in [2.75, 3.05) is 5.73 Å². The van der Waals surface area contributed by atoms with Crippen molar-refractivity contribution in [3.8, 4) is 0 Å². The van der Waals surface area contributed by atoms with Gasteiger partial charge in [0.1, 0.15) is 21.7 Å². The number of pyridine rings is 1. The molecule has 2 heterocycles. The Morgan fingerprint density at radius 1 is 1.25 bits per heavy atom. The van der Waals surface area contributed by atoms with Gasteiger partial charge in [0.05, 0.1) is 0 Å². The number of nitrogens with zero attached hydrogens (tertiary/aromatic N) is 3. The third-order valence-corrected chi connectivity index (χ3v) is 2.80. The molecule has 82 valence electrons. The molecule has 0 fully saturated rings. The standard InChI is InChI=1S/C11H12N4S/c1-2-9-14-8(12)7-11(15-9)16-10-5-3-4-6-13-10/h3-7H,2H2,1H3,(H2,12,14,15). The van der Waals surface area contributed by atoms with Gasteiger partial charge in [-0.3, -0.25) is 0 Å². The predicted molar refractivity (Wildman–Crippen MR) is 64.2 cm³/mol. The summed E-state index contributed by atoms with van der Waals surface area (Å²) in [6, 6.07) is 7.53. The Hall–Kier alpha value is -1.62. The van der Waals surface area contributed by atoms with Gasteiger partial charge in [0.15, 0.2) is 0 Å². The lowest BCUT2D eigenvalue weighted by Gasteiger charge is -2.03. The molecule has 0 radical (unpaired) electrons. The van der Waals surface area contributed by atoms with Crippen LogP contribution in [0.1, 0.15) is 12.7 Å². The molecule has 16 heavy (non-hydrogen) atoms. The molecular weight excluding hydrogens is 220 g/mol. The summed E-state index contributed by atoms with van der Waals surface area (Å²) in [4.78, 5) is 12.7. The average Bonchev–Trinajstić information content (AvgIpc) is 2.29. The van der Waals surface area contributed by atoms with Gasteiger partial charge < -0.3 is 5.73 Å². The molecule has 0 aliphatic rings. The van der Waals surface area contributed by atoms with E-state index in [9.17, 15) is 0 Å². The molecule has 0 aliphatic carbocycles. The highest BCUT2D eigenvalue weighted by Crippen LogP contribution is 2.24. The van der Waals surface area contributed by atoms with Gasteiger partial charge in [0.2, 0.25) is 0 Å². The highest BCUT2D eigenvalue weighted by molar-refractivity contribution is 7.99. The Bertz CT molecular complexity index is 473. The second kappa shape index (κ2) is 4.94. The fourth-order valence-corrected chi connectivity index (χ4v) is 2.02. The number of nitrogens with two attached hydrogens (primary N) is 1. The quantitative estimate of drug-likeness (QED) is 0.821. The van der Waals surface area contributed by atoms with Gasteiger partial charge in [-0.05, 0) is 23.9 Å². The number of aryl methyl sites for hydroxylation is 1. The van der Waals surface area contributed by atoms with Gasteiger partial charge >= 0.3 is 0 Å². The number of aromatic nitrogens is 3. The SMILES string of the molecule is CCc1nc(N)cc(Sc2ccccn2)n1. The molecule has 0 spiro atoms. The zero-order valence-corrected chi connectivity index (χ0v) is 9.74. The summed E-state index contributed by atoms with van der Waals surface area (Å²) in [7, 11) is 0. The van der Waals surface area contributed by atoms with Gasteiger partial charge in [0, 0.05) is 18.7 Å². The molecule has 5 heteroatoms. The molecule has 0 unspecified atom stereocenters. The van der Waals surface area contributed by atoms with Crippen LogP contribution in [-0.4, -0.2) is 15.0 Å². The Balaban J connectivity index is 2.24. The fourth-order valence-electron chi connectivity index (χ4n) is 1.22. The Morgan fingerprint density at radius 2 is 2.12 bits per heavy atom. The highest BCUT2D eigenvalue weighted by Gasteiger charge is 2.03. The van der Waals surface area contributed by atoms with Crippen molar-refractivity contribution in [3.05, 3.63) is 36.3 Å². The van der Waals surface area contributed by atoms with Gasteiger partial charge in [-0.2, -0.15) is 0 Å². The van der Waals surface area contributed by atoms with Gasteiger partial charge in [-0.25, -0.2) is 15.0 Å². The zero-order valence-electron chi connectivity index (χ0n) is 8.92. The lowest BCUT2D eigenvalue weighted by Crippen LogP contribution is -1.99. The third-order valence-electron chi connectivity index (χ3n) is 1.93. The Labute approximate surface area is 98.3 Å². The van der Waals surface area contributed by atoms with E-state index in [0.717, 1.165) is 22.3 Å². The number of hydrogen-bond donors (Lipinski definition) is 1. The van der Waals surface area contributed by atoms with Crippen molar-refractivity contribution >= 4 is 17.6 Å². The summed E-state index contributed by atoms with van der Waals surface area (Å²) in [5.41, 5.74) is 5.70. The van der Waals surface area contributed by atoms with Crippen molar-refractivity contribution < 1.29 is 0 Å². The zero-order chi connectivity index (χ0) is 11.4. The molecule has 0 aromatic carbocycles. The van der Waals surface area contributed by atoms with E-state index in [1.54, 1.807) is 12.3 Å². The smallest absolute Gasteiger partial charge is 0.131 e. The maximum Gasteiger partial charge on any atom is 0.131 e. The van der Waals surface area contributed by atoms with E-state index in [1.807, 2.05) is 25.1 Å². The van der Waals surface area contributed by atoms with Gasteiger partial charge in [-0.15, -0.1) is 0 Å². The Kier molecular flexibility index (Phi) is 3.36. The van der Waals surface area contributed by atoms with Crippen LogP contribution < -0.4 is 5.73 Å². The third kappa shape index (κ3) is 2.70. The molecule has 4 nitrogen and oxygen atoms in total. The Morgan fingerprint density at radius 3 is 2.81 bits per heavy atom. The van der Waals surface area contributed by atoms with E-state index in [-0.39, 0.29) is 0 Å². The molecule has 2 aromatic rings. The predicted octanol–water partition coefficient (Wildman–Crippen LogP) is 2.17. The average molecular weight is 232 g/mol. The van der Waals surface area contributed by atoms with Crippen molar-refractivity contribution in [3.63, 3.8) is 0 Å². The molecule has 2 aromatic heterocycles. The molecular formula is C11H12N4S. The lowest BCUT2D eigenvalue weighted by molar-refractivity contribution is 0.893. The van der Waals surface area contributed by atoms with Crippen LogP contribution in [0.2, 0.25) is 0 Å². The summed E-state index contributed by atoms with van der Waals surface area (Å²) >= 11 is 1.49. The molecule has 0 saturated heterocycles. The topological polar surface area (TPSA) is 64.7 Å². The van der Waals surface area contributed by atoms with Crippen LogP contribution in [0.4, 0.5) is 5.82 Å². The maximum absolute atomic E-state index is 5.70. The monoisotopic (exact) mass is 232 g/mol. The van der Waals surface area contributed by atoms with Crippen molar-refractivity contribution in [2.24, 2.45) is 0 Å². The van der Waals surface area contributed by atoms with Crippen molar-refractivity contribution in [1.29, 1.82) is 0 Å². The van der Waals surface area contributed by atoms with E-state index in [1.165, 1.54) is 11.8 Å². The van der Waals surface area contributed by atoms with Crippen LogP contribution in [0.3, 0.4) is 0 Å². The van der Waals surface area contributed by atoms with Crippen LogP contribution in [-0.2, 0) is 6.42 Å². The summed E-state index contributed by atoms with van der Waals surface area (Å²) < 4.78 is 0. The van der Waals surface area contributed by atoms with Gasteiger partial charge in [-0.1, -0.05) is 13.0 Å². The molecule has 2 N–H and O–H groups in total. The molecule has 0 amide bonds. The van der Waals surface area contributed by atoms with E-state index in [0.29, 0.717) is 5.82 Å². The first-order chi connectivity index (χ1) is 7.78. The van der Waals surface area contributed by atoms with Crippen LogP contribution in [0.25, 0.3) is 0 Å². The van der Waals surface area contributed by atoms with Crippen molar-refractivity contribution in [2.45, 2.75) is 23.4 Å². The van der Waals surface area contributed by atoms with Crippen LogP contribution >= 0.6 is 11.8 Å². The maximum atomic E-state index is 5.70. The van der Waals surface area contributed by atoms with Crippen LogP contribution in [0.5, 0.6) is 0 Å². The van der Waals surface area contributed by atoms with Crippen LogP contribution in [0, 0.1) is 0 Å². The largest absolute Gasteiger partial charge is 0.384 e. The van der Waals surface area contributed by atoms with Crippen LogP contribution in [0.15, 0.2) is 40.5 Å². The lowest BCUT2D eigenvalue weighted by atomic mass is 10.4. The molecule has 0 bridgehead atoms. The number of anilines is 1. The second-order valence-corrected chi connectivity index (χ2v) is 4.21. The number of hydrogen-bond acceptors (Lipinski definition) is 5. The van der Waals surface area contributed by atoms with Gasteiger partial charge in [0.25, 0.3) is 0 Å².